The lowest BCUT2D eigenvalue weighted by molar-refractivity contribution is 0.428. The molecule has 2 aromatic heterocycles. The van der Waals surface area contributed by atoms with Gasteiger partial charge in [-0.15, -0.1) is 11.3 Å². The van der Waals surface area contributed by atoms with E-state index in [0.29, 0.717) is 11.4 Å². The molecule has 0 amide bonds. The maximum atomic E-state index is 12.7. The molecule has 0 saturated heterocycles. The molecule has 0 unspecified atom stereocenters. The number of aryl methyl sites for hydroxylation is 2. The molecule has 3 rings (SSSR count). The Balaban J connectivity index is 1.88. The molecule has 1 N–H and O–H groups in total. The van der Waals surface area contributed by atoms with Crippen LogP contribution in [0.2, 0.25) is 0 Å². The van der Waals surface area contributed by atoms with Crippen molar-refractivity contribution < 1.29 is 12.9 Å². The summed E-state index contributed by atoms with van der Waals surface area (Å²) in [4.78, 5) is 2.67. The average molecular weight is 377 g/mol. The first kappa shape index (κ1) is 17.5. The quantitative estimate of drug-likeness (QED) is 0.730. The van der Waals surface area contributed by atoms with Crippen LogP contribution in [0.3, 0.4) is 0 Å². The van der Waals surface area contributed by atoms with E-state index in [2.05, 4.69) is 9.88 Å². The monoisotopic (exact) mass is 377 g/mol. The highest BCUT2D eigenvalue weighted by Crippen LogP contribution is 2.32. The maximum absolute atomic E-state index is 12.7. The van der Waals surface area contributed by atoms with Crippen LogP contribution in [0.4, 0.5) is 11.4 Å². The fourth-order valence-electron chi connectivity index (χ4n) is 2.44. The summed E-state index contributed by atoms with van der Waals surface area (Å²) in [6.45, 7) is 3.80. The first-order chi connectivity index (χ1) is 11.8. The van der Waals surface area contributed by atoms with Gasteiger partial charge in [-0.3, -0.25) is 4.72 Å². The van der Waals surface area contributed by atoms with E-state index >= 15 is 0 Å². The standard InChI is InChI=1S/C17H19N3O3S2/c1-11-5-6-13(10-14(11)20(3)4)19-25(21,22)17-8-7-16(24-17)15-9-12(2)18-23-15/h5-10,19H,1-4H3. The molecular formula is C17H19N3O3S2. The van der Waals surface area contributed by atoms with Crippen LogP contribution in [-0.4, -0.2) is 27.7 Å². The Hall–Kier alpha value is -2.32. The maximum Gasteiger partial charge on any atom is 0.271 e. The van der Waals surface area contributed by atoms with Crippen molar-refractivity contribution in [3.63, 3.8) is 0 Å². The van der Waals surface area contributed by atoms with E-state index in [1.54, 1.807) is 24.3 Å². The third kappa shape index (κ3) is 3.69. The van der Waals surface area contributed by atoms with Gasteiger partial charge in [0.15, 0.2) is 5.76 Å². The Labute approximate surface area is 151 Å². The van der Waals surface area contributed by atoms with Gasteiger partial charge in [0.25, 0.3) is 10.0 Å². The van der Waals surface area contributed by atoms with E-state index in [-0.39, 0.29) is 4.21 Å². The SMILES string of the molecule is Cc1cc(-c2ccc(S(=O)(=O)Nc3ccc(C)c(N(C)C)c3)s2)on1. The summed E-state index contributed by atoms with van der Waals surface area (Å²) in [7, 11) is 0.183. The van der Waals surface area contributed by atoms with Gasteiger partial charge in [0.2, 0.25) is 0 Å². The van der Waals surface area contributed by atoms with E-state index in [0.717, 1.165) is 33.2 Å². The summed E-state index contributed by atoms with van der Waals surface area (Å²) in [6.07, 6.45) is 0. The number of sulfonamides is 1. The van der Waals surface area contributed by atoms with Crippen LogP contribution in [0.5, 0.6) is 0 Å². The van der Waals surface area contributed by atoms with Crippen LogP contribution in [-0.2, 0) is 10.0 Å². The van der Waals surface area contributed by atoms with Crippen molar-refractivity contribution >= 4 is 32.7 Å². The molecule has 25 heavy (non-hydrogen) atoms. The second kappa shape index (κ2) is 6.53. The van der Waals surface area contributed by atoms with Crippen molar-refractivity contribution in [1.82, 2.24) is 5.16 Å². The molecule has 0 atom stereocenters. The van der Waals surface area contributed by atoms with E-state index < -0.39 is 10.0 Å². The second-order valence-corrected chi connectivity index (χ2v) is 8.95. The summed E-state index contributed by atoms with van der Waals surface area (Å²) in [5.74, 6) is 0.564. The number of anilines is 2. The zero-order chi connectivity index (χ0) is 18.2. The molecule has 0 aliphatic rings. The Morgan fingerprint density at radius 1 is 1.12 bits per heavy atom. The van der Waals surface area contributed by atoms with Crippen LogP contribution in [0, 0.1) is 13.8 Å². The zero-order valence-corrected chi connectivity index (χ0v) is 16.0. The Kier molecular flexibility index (Phi) is 4.57. The predicted octanol–water partition coefficient (Wildman–Crippen LogP) is 3.89. The van der Waals surface area contributed by atoms with E-state index in [1.165, 1.54) is 0 Å². The normalized spacial score (nSPS) is 11.5. The number of benzene rings is 1. The highest BCUT2D eigenvalue weighted by Gasteiger charge is 2.19. The predicted molar refractivity (Wildman–Crippen MR) is 101 cm³/mol. The van der Waals surface area contributed by atoms with Crippen molar-refractivity contribution in [2.45, 2.75) is 18.1 Å². The average Bonchev–Trinajstić information content (AvgIpc) is 3.17. The molecule has 0 spiro atoms. The molecule has 0 fully saturated rings. The van der Waals surface area contributed by atoms with Crippen LogP contribution in [0.15, 0.2) is 45.1 Å². The van der Waals surface area contributed by atoms with Gasteiger partial charge in [-0.2, -0.15) is 0 Å². The molecule has 0 bridgehead atoms. The summed E-state index contributed by atoms with van der Waals surface area (Å²) in [5.41, 5.74) is 3.32. The molecular weight excluding hydrogens is 358 g/mol. The third-order valence-corrected chi connectivity index (χ3v) is 6.63. The Bertz CT molecular complexity index is 1000. The molecule has 0 aliphatic heterocycles. The van der Waals surface area contributed by atoms with Gasteiger partial charge in [-0.1, -0.05) is 11.2 Å². The number of hydrogen-bond acceptors (Lipinski definition) is 6. The number of nitrogens with zero attached hydrogens (tertiary/aromatic N) is 2. The molecule has 3 aromatic rings. The summed E-state index contributed by atoms with van der Waals surface area (Å²) in [6, 6.07) is 10.5. The molecule has 6 nitrogen and oxygen atoms in total. The van der Waals surface area contributed by atoms with E-state index in [1.807, 2.05) is 45.0 Å². The van der Waals surface area contributed by atoms with Gasteiger partial charge in [-0.05, 0) is 43.7 Å². The van der Waals surface area contributed by atoms with Crippen LogP contribution in [0.1, 0.15) is 11.3 Å². The van der Waals surface area contributed by atoms with Crippen LogP contribution >= 0.6 is 11.3 Å². The van der Waals surface area contributed by atoms with Gasteiger partial charge < -0.3 is 9.42 Å². The molecule has 8 heteroatoms. The Morgan fingerprint density at radius 2 is 1.88 bits per heavy atom. The number of hydrogen-bond donors (Lipinski definition) is 1. The molecule has 1 aromatic carbocycles. The van der Waals surface area contributed by atoms with Crippen molar-refractivity contribution in [3.8, 4) is 10.6 Å². The largest absolute Gasteiger partial charge is 0.377 e. The number of nitrogens with one attached hydrogen (secondary N) is 1. The van der Waals surface area contributed by atoms with Gasteiger partial charge in [-0.25, -0.2) is 8.42 Å². The van der Waals surface area contributed by atoms with Crippen molar-refractivity contribution in [1.29, 1.82) is 0 Å². The van der Waals surface area contributed by atoms with Crippen molar-refractivity contribution in [2.24, 2.45) is 0 Å². The van der Waals surface area contributed by atoms with Gasteiger partial charge >= 0.3 is 0 Å². The van der Waals surface area contributed by atoms with Gasteiger partial charge in [0.05, 0.1) is 16.3 Å². The number of thiophene rings is 1. The fourth-order valence-corrected chi connectivity index (χ4v) is 4.74. The minimum atomic E-state index is -3.66. The minimum Gasteiger partial charge on any atom is -0.377 e. The van der Waals surface area contributed by atoms with E-state index in [9.17, 15) is 8.42 Å². The first-order valence-corrected chi connectivity index (χ1v) is 9.90. The lowest BCUT2D eigenvalue weighted by Gasteiger charge is -2.17. The first-order valence-electron chi connectivity index (χ1n) is 7.60. The molecule has 0 radical (unpaired) electrons. The molecule has 0 saturated carbocycles. The second-order valence-electron chi connectivity index (χ2n) is 5.95. The lowest BCUT2D eigenvalue weighted by Crippen LogP contribution is -2.14. The van der Waals surface area contributed by atoms with Crippen molar-refractivity contribution in [2.75, 3.05) is 23.7 Å². The Morgan fingerprint density at radius 3 is 2.52 bits per heavy atom. The zero-order valence-electron chi connectivity index (χ0n) is 14.4. The van der Waals surface area contributed by atoms with Crippen LogP contribution < -0.4 is 9.62 Å². The lowest BCUT2D eigenvalue weighted by atomic mass is 10.2. The number of aromatic nitrogens is 1. The minimum absolute atomic E-state index is 0.225. The third-order valence-electron chi connectivity index (χ3n) is 3.66. The molecule has 132 valence electrons. The number of rotatable bonds is 5. The van der Waals surface area contributed by atoms with Crippen LogP contribution in [0.25, 0.3) is 10.6 Å². The summed E-state index contributed by atoms with van der Waals surface area (Å²) >= 11 is 1.14. The molecule has 2 heterocycles. The smallest absolute Gasteiger partial charge is 0.271 e. The fraction of sp³-hybridized carbons (Fsp3) is 0.235. The van der Waals surface area contributed by atoms with Crippen molar-refractivity contribution in [3.05, 3.63) is 47.7 Å². The highest BCUT2D eigenvalue weighted by molar-refractivity contribution is 7.94. The summed E-state index contributed by atoms with van der Waals surface area (Å²) < 4.78 is 33.4. The molecule has 0 aliphatic carbocycles. The summed E-state index contributed by atoms with van der Waals surface area (Å²) in [5, 5.41) is 3.83. The van der Waals surface area contributed by atoms with Gasteiger partial charge in [0, 0.05) is 25.8 Å². The topological polar surface area (TPSA) is 75.4 Å². The van der Waals surface area contributed by atoms with E-state index in [4.69, 9.17) is 4.52 Å². The van der Waals surface area contributed by atoms with Gasteiger partial charge in [0.1, 0.15) is 4.21 Å². The highest BCUT2D eigenvalue weighted by atomic mass is 32.2.